The fourth-order valence-corrected chi connectivity index (χ4v) is 2.13. The van der Waals surface area contributed by atoms with Gasteiger partial charge >= 0.3 is 0 Å². The van der Waals surface area contributed by atoms with E-state index in [-0.39, 0.29) is 29.9 Å². The molecule has 4 N–H and O–H groups in total. The van der Waals surface area contributed by atoms with E-state index in [1.165, 1.54) is 0 Å². The van der Waals surface area contributed by atoms with E-state index in [1.807, 2.05) is 19.1 Å². The van der Waals surface area contributed by atoms with Gasteiger partial charge in [-0.25, -0.2) is 0 Å². The maximum absolute atomic E-state index is 11.4. The number of nitrogens with one attached hydrogen (secondary N) is 2. The second-order valence-electron chi connectivity index (χ2n) is 6.08. The quantitative estimate of drug-likeness (QED) is 0.302. The molecule has 1 aromatic carbocycles. The molecule has 0 heterocycles. The first-order chi connectivity index (χ1) is 11.3. The lowest BCUT2D eigenvalue weighted by Gasteiger charge is -2.19. The zero-order chi connectivity index (χ0) is 18.2. The number of ether oxygens (including phenoxy) is 1. The SMILES string of the molecule is CCNC(=NCC(C)(C)C(N)=O)NCCc1ccc(OC)cc1Cl.I. The summed E-state index contributed by atoms with van der Waals surface area (Å²) in [6.07, 6.45) is 0.743. The van der Waals surface area contributed by atoms with Gasteiger partial charge in [-0.05, 0) is 44.9 Å². The van der Waals surface area contributed by atoms with E-state index in [4.69, 9.17) is 22.1 Å². The number of aliphatic imine (C=N–C) groups is 1. The van der Waals surface area contributed by atoms with Crippen molar-refractivity contribution >= 4 is 47.4 Å². The number of halogens is 2. The Morgan fingerprint density at radius 3 is 2.56 bits per heavy atom. The second-order valence-corrected chi connectivity index (χ2v) is 6.48. The van der Waals surface area contributed by atoms with E-state index in [9.17, 15) is 4.79 Å². The van der Waals surface area contributed by atoms with Crippen LogP contribution in [-0.4, -0.2) is 38.6 Å². The molecule has 0 saturated heterocycles. The van der Waals surface area contributed by atoms with E-state index in [1.54, 1.807) is 27.0 Å². The third kappa shape index (κ3) is 8.13. The van der Waals surface area contributed by atoms with Crippen LogP contribution in [0.1, 0.15) is 26.3 Å². The lowest BCUT2D eigenvalue weighted by molar-refractivity contribution is -0.125. The van der Waals surface area contributed by atoms with Crippen LogP contribution >= 0.6 is 35.6 Å². The van der Waals surface area contributed by atoms with E-state index in [2.05, 4.69) is 15.6 Å². The lowest BCUT2D eigenvalue weighted by atomic mass is 9.93. The van der Waals surface area contributed by atoms with Crippen molar-refractivity contribution in [1.82, 2.24) is 10.6 Å². The Kier molecular flexibility index (Phi) is 10.8. The molecule has 0 aliphatic carbocycles. The van der Waals surface area contributed by atoms with Crippen molar-refractivity contribution in [2.75, 3.05) is 26.7 Å². The van der Waals surface area contributed by atoms with Crippen molar-refractivity contribution in [1.29, 1.82) is 0 Å². The highest BCUT2D eigenvalue weighted by molar-refractivity contribution is 14.0. The summed E-state index contributed by atoms with van der Waals surface area (Å²) in [5.41, 5.74) is 5.72. The van der Waals surface area contributed by atoms with Crippen LogP contribution in [0, 0.1) is 5.41 Å². The number of hydrogen-bond donors (Lipinski definition) is 3. The standard InChI is InChI=1S/C17H27ClN4O2.HI/c1-5-20-16(22-11-17(2,3)15(19)23)21-9-8-12-6-7-13(24-4)10-14(12)18;/h6-7,10H,5,8-9,11H2,1-4H3,(H2,19,23)(H2,20,21,22);1H. The van der Waals surface area contributed by atoms with Crippen molar-refractivity contribution in [2.45, 2.75) is 27.2 Å². The Morgan fingerprint density at radius 2 is 2.04 bits per heavy atom. The molecule has 0 atom stereocenters. The molecule has 0 aliphatic heterocycles. The molecular formula is C17H28ClIN4O2. The zero-order valence-electron chi connectivity index (χ0n) is 15.2. The Labute approximate surface area is 172 Å². The first-order valence-electron chi connectivity index (χ1n) is 7.94. The number of carbonyl (C=O) groups is 1. The van der Waals surface area contributed by atoms with Gasteiger partial charge in [-0.15, -0.1) is 24.0 Å². The topological polar surface area (TPSA) is 88.7 Å². The van der Waals surface area contributed by atoms with Gasteiger partial charge in [0.15, 0.2) is 5.96 Å². The predicted octanol–water partition coefficient (Wildman–Crippen LogP) is 2.58. The largest absolute Gasteiger partial charge is 0.497 e. The second kappa shape index (κ2) is 11.4. The highest BCUT2D eigenvalue weighted by atomic mass is 127. The number of benzene rings is 1. The Morgan fingerprint density at radius 1 is 1.36 bits per heavy atom. The summed E-state index contributed by atoms with van der Waals surface area (Å²) in [6.45, 7) is 7.25. The molecule has 6 nitrogen and oxygen atoms in total. The minimum Gasteiger partial charge on any atom is -0.497 e. The number of guanidine groups is 1. The van der Waals surface area contributed by atoms with Crippen molar-refractivity contribution < 1.29 is 9.53 Å². The van der Waals surface area contributed by atoms with Gasteiger partial charge in [-0.3, -0.25) is 9.79 Å². The molecular weight excluding hydrogens is 455 g/mol. The van der Waals surface area contributed by atoms with Gasteiger partial charge in [0, 0.05) is 18.1 Å². The number of nitrogens with zero attached hydrogens (tertiary/aromatic N) is 1. The van der Waals surface area contributed by atoms with Gasteiger partial charge in [-0.2, -0.15) is 0 Å². The minimum absolute atomic E-state index is 0. The summed E-state index contributed by atoms with van der Waals surface area (Å²) in [5, 5.41) is 7.05. The minimum atomic E-state index is -0.679. The molecule has 1 aromatic rings. The van der Waals surface area contributed by atoms with Gasteiger partial charge in [0.2, 0.25) is 5.91 Å². The number of nitrogens with two attached hydrogens (primary N) is 1. The van der Waals surface area contributed by atoms with Crippen LogP contribution < -0.4 is 21.1 Å². The number of primary amides is 1. The van der Waals surface area contributed by atoms with Crippen LogP contribution in [0.3, 0.4) is 0 Å². The predicted molar refractivity (Wildman–Crippen MR) is 114 cm³/mol. The van der Waals surface area contributed by atoms with Gasteiger partial charge < -0.3 is 21.1 Å². The average molecular weight is 483 g/mol. The summed E-state index contributed by atoms with van der Waals surface area (Å²) in [5.74, 6) is 1.02. The van der Waals surface area contributed by atoms with E-state index < -0.39 is 5.41 Å². The van der Waals surface area contributed by atoms with Gasteiger partial charge in [0.25, 0.3) is 0 Å². The van der Waals surface area contributed by atoms with Gasteiger partial charge in [0.05, 0.1) is 19.1 Å². The van der Waals surface area contributed by atoms with Crippen LogP contribution in [0.4, 0.5) is 0 Å². The third-order valence-electron chi connectivity index (χ3n) is 3.59. The van der Waals surface area contributed by atoms with Crippen LogP contribution in [0.5, 0.6) is 5.75 Å². The summed E-state index contributed by atoms with van der Waals surface area (Å²) in [7, 11) is 1.61. The van der Waals surface area contributed by atoms with E-state index in [0.717, 1.165) is 24.3 Å². The Hall–Kier alpha value is -1.22. The van der Waals surface area contributed by atoms with Crippen LogP contribution in [0.2, 0.25) is 5.02 Å². The summed E-state index contributed by atoms with van der Waals surface area (Å²) < 4.78 is 5.14. The first kappa shape index (κ1) is 23.8. The molecule has 0 fully saturated rings. The molecule has 0 spiro atoms. The maximum Gasteiger partial charge on any atom is 0.224 e. The van der Waals surface area contributed by atoms with Crippen molar-refractivity contribution in [3.05, 3.63) is 28.8 Å². The zero-order valence-corrected chi connectivity index (χ0v) is 18.3. The normalized spacial score (nSPS) is 11.5. The molecule has 25 heavy (non-hydrogen) atoms. The highest BCUT2D eigenvalue weighted by Crippen LogP contribution is 2.22. The maximum atomic E-state index is 11.4. The molecule has 1 amide bonds. The number of hydrogen-bond acceptors (Lipinski definition) is 3. The smallest absolute Gasteiger partial charge is 0.224 e. The Balaban J connectivity index is 0.00000576. The monoisotopic (exact) mass is 482 g/mol. The fraction of sp³-hybridized carbons (Fsp3) is 0.529. The number of methoxy groups -OCH3 is 1. The first-order valence-corrected chi connectivity index (χ1v) is 8.32. The lowest BCUT2D eigenvalue weighted by Crippen LogP contribution is -2.40. The van der Waals surface area contributed by atoms with Crippen LogP contribution in [0.15, 0.2) is 23.2 Å². The average Bonchev–Trinajstić information content (AvgIpc) is 2.53. The molecule has 0 aromatic heterocycles. The van der Waals surface area contributed by atoms with Gasteiger partial charge in [-0.1, -0.05) is 17.7 Å². The van der Waals surface area contributed by atoms with Crippen molar-refractivity contribution in [3.63, 3.8) is 0 Å². The number of carbonyl (C=O) groups excluding carboxylic acids is 1. The van der Waals surface area contributed by atoms with Crippen LogP contribution in [0.25, 0.3) is 0 Å². The molecule has 0 saturated carbocycles. The molecule has 8 heteroatoms. The molecule has 0 radical (unpaired) electrons. The van der Waals surface area contributed by atoms with Crippen molar-refractivity contribution in [3.8, 4) is 5.75 Å². The molecule has 142 valence electrons. The summed E-state index contributed by atoms with van der Waals surface area (Å²) >= 11 is 6.24. The number of rotatable bonds is 8. The van der Waals surface area contributed by atoms with Crippen molar-refractivity contribution in [2.24, 2.45) is 16.1 Å². The van der Waals surface area contributed by atoms with Gasteiger partial charge in [0.1, 0.15) is 5.75 Å². The highest BCUT2D eigenvalue weighted by Gasteiger charge is 2.24. The molecule has 0 bridgehead atoms. The molecule has 1 rings (SSSR count). The number of amides is 1. The van der Waals surface area contributed by atoms with E-state index in [0.29, 0.717) is 24.1 Å². The Bertz CT molecular complexity index is 594. The summed E-state index contributed by atoms with van der Waals surface area (Å²) in [4.78, 5) is 15.8. The summed E-state index contributed by atoms with van der Waals surface area (Å²) in [6, 6.07) is 5.63. The fourth-order valence-electron chi connectivity index (χ4n) is 1.87. The van der Waals surface area contributed by atoms with Crippen LogP contribution in [-0.2, 0) is 11.2 Å². The molecule has 0 unspecified atom stereocenters. The van der Waals surface area contributed by atoms with E-state index >= 15 is 0 Å². The molecule has 0 aliphatic rings. The third-order valence-corrected chi connectivity index (χ3v) is 3.94.